The van der Waals surface area contributed by atoms with Crippen LogP contribution in [0.5, 0.6) is 0 Å². The van der Waals surface area contributed by atoms with E-state index in [9.17, 15) is 4.79 Å². The quantitative estimate of drug-likeness (QED) is 0.460. The summed E-state index contributed by atoms with van der Waals surface area (Å²) in [6, 6.07) is 20.6. The van der Waals surface area contributed by atoms with Crippen LogP contribution in [0.15, 0.2) is 66.9 Å². The van der Waals surface area contributed by atoms with E-state index in [2.05, 4.69) is 53.9 Å². The summed E-state index contributed by atoms with van der Waals surface area (Å²) in [4.78, 5) is 12.9. The zero-order valence-corrected chi connectivity index (χ0v) is 13.5. The van der Waals surface area contributed by atoms with Gasteiger partial charge in [-0.15, -0.1) is 11.3 Å². The molecule has 2 nitrogen and oxygen atoms in total. The number of pyridine rings is 1. The number of hydrogen-bond acceptors (Lipinski definition) is 2. The number of aryl methyl sites for hydroxylation is 1. The third-order valence-electron chi connectivity index (χ3n) is 4.14. The van der Waals surface area contributed by atoms with Gasteiger partial charge in [0.05, 0.1) is 15.4 Å². The number of aldehydes is 1. The second-order valence-corrected chi connectivity index (χ2v) is 6.61. The standard InChI is InChI=1S/C20H15NOS/c1-14-17-9-5-6-12-21(17)20(18-11-10-16(13-22)23-18)19(14)15-7-3-2-4-8-15/h2-13H,1H3. The van der Waals surface area contributed by atoms with Gasteiger partial charge in [-0.2, -0.15) is 0 Å². The van der Waals surface area contributed by atoms with Gasteiger partial charge in [-0.1, -0.05) is 36.4 Å². The Bertz CT molecular complexity index is 995. The number of thiophene rings is 1. The maximum Gasteiger partial charge on any atom is 0.160 e. The van der Waals surface area contributed by atoms with Crippen LogP contribution >= 0.6 is 11.3 Å². The lowest BCUT2D eigenvalue weighted by atomic mass is 10.0. The predicted molar refractivity (Wildman–Crippen MR) is 96.3 cm³/mol. The molecule has 0 amide bonds. The Kier molecular flexibility index (Phi) is 3.36. The van der Waals surface area contributed by atoms with Gasteiger partial charge in [-0.3, -0.25) is 4.79 Å². The topological polar surface area (TPSA) is 21.5 Å². The van der Waals surface area contributed by atoms with Crippen LogP contribution in [0.3, 0.4) is 0 Å². The van der Waals surface area contributed by atoms with E-state index in [1.54, 1.807) is 0 Å². The first-order valence-corrected chi connectivity index (χ1v) is 8.31. The Balaban J connectivity index is 2.10. The molecule has 3 aromatic heterocycles. The zero-order valence-electron chi connectivity index (χ0n) is 12.7. The first-order chi connectivity index (χ1) is 11.3. The molecule has 0 unspecified atom stereocenters. The van der Waals surface area contributed by atoms with E-state index in [0.29, 0.717) is 0 Å². The lowest BCUT2D eigenvalue weighted by Crippen LogP contribution is -1.86. The van der Waals surface area contributed by atoms with Gasteiger partial charge in [0.15, 0.2) is 6.29 Å². The third-order valence-corrected chi connectivity index (χ3v) is 5.15. The molecule has 3 heterocycles. The maximum absolute atomic E-state index is 11.1. The molecule has 0 radical (unpaired) electrons. The number of hydrogen-bond donors (Lipinski definition) is 0. The van der Waals surface area contributed by atoms with Crippen LogP contribution < -0.4 is 0 Å². The lowest BCUT2D eigenvalue weighted by Gasteiger charge is -2.06. The maximum atomic E-state index is 11.1. The van der Waals surface area contributed by atoms with Gasteiger partial charge in [-0.05, 0) is 42.3 Å². The Labute approximate surface area is 138 Å². The summed E-state index contributed by atoms with van der Waals surface area (Å²) in [5, 5.41) is 0. The van der Waals surface area contributed by atoms with Crippen molar-refractivity contribution < 1.29 is 4.79 Å². The van der Waals surface area contributed by atoms with Gasteiger partial charge in [0.25, 0.3) is 0 Å². The smallest absolute Gasteiger partial charge is 0.160 e. The Hall–Kier alpha value is -2.65. The number of nitrogens with zero attached hydrogens (tertiary/aromatic N) is 1. The minimum absolute atomic E-state index is 0.752. The van der Waals surface area contributed by atoms with Crippen LogP contribution in [-0.4, -0.2) is 10.7 Å². The summed E-state index contributed by atoms with van der Waals surface area (Å²) < 4.78 is 2.22. The predicted octanol–water partition coefficient (Wildman–Crippen LogP) is 5.46. The van der Waals surface area contributed by atoms with Crippen LogP contribution in [0.1, 0.15) is 15.2 Å². The average Bonchev–Trinajstić information content (AvgIpc) is 3.18. The van der Waals surface area contributed by atoms with Crippen molar-refractivity contribution in [2.24, 2.45) is 0 Å². The SMILES string of the molecule is Cc1c(-c2ccccc2)c(-c2ccc(C=O)s2)n2ccccc12. The molecule has 0 aliphatic carbocycles. The van der Waals surface area contributed by atoms with E-state index >= 15 is 0 Å². The third kappa shape index (κ3) is 2.21. The molecular formula is C20H15NOS. The van der Waals surface area contributed by atoms with E-state index in [1.807, 2.05) is 24.3 Å². The molecule has 0 bridgehead atoms. The molecule has 0 saturated carbocycles. The first kappa shape index (κ1) is 14.0. The highest BCUT2D eigenvalue weighted by molar-refractivity contribution is 7.17. The van der Waals surface area contributed by atoms with Gasteiger partial charge in [0.2, 0.25) is 0 Å². The second kappa shape index (κ2) is 5.52. The molecule has 0 fully saturated rings. The number of fused-ring (bicyclic) bond motifs is 1. The van der Waals surface area contributed by atoms with Crippen LogP contribution in [0.2, 0.25) is 0 Å². The molecule has 4 aromatic rings. The highest BCUT2D eigenvalue weighted by atomic mass is 32.1. The van der Waals surface area contributed by atoms with Crippen molar-refractivity contribution in [2.75, 3.05) is 0 Å². The molecule has 3 heteroatoms. The average molecular weight is 317 g/mol. The van der Waals surface area contributed by atoms with Crippen molar-refractivity contribution in [1.82, 2.24) is 4.40 Å². The lowest BCUT2D eigenvalue weighted by molar-refractivity contribution is 0.112. The number of aromatic nitrogens is 1. The number of carbonyl (C=O) groups is 1. The molecular weight excluding hydrogens is 302 g/mol. The fraction of sp³-hybridized carbons (Fsp3) is 0.0500. The van der Waals surface area contributed by atoms with Crippen LogP contribution in [0, 0.1) is 6.92 Å². The Morgan fingerprint density at radius 3 is 2.48 bits per heavy atom. The summed E-state index contributed by atoms with van der Waals surface area (Å²) in [5.41, 5.74) is 6.04. The van der Waals surface area contributed by atoms with Gasteiger partial charge in [0.1, 0.15) is 0 Å². The second-order valence-electron chi connectivity index (χ2n) is 5.49. The molecule has 0 saturated heterocycles. The Morgan fingerprint density at radius 2 is 1.74 bits per heavy atom. The van der Waals surface area contributed by atoms with Crippen LogP contribution in [-0.2, 0) is 0 Å². The van der Waals surface area contributed by atoms with Crippen molar-refractivity contribution in [2.45, 2.75) is 6.92 Å². The zero-order chi connectivity index (χ0) is 15.8. The van der Waals surface area contributed by atoms with Crippen molar-refractivity contribution in [3.05, 3.63) is 77.3 Å². The molecule has 0 spiro atoms. The number of rotatable bonds is 3. The summed E-state index contributed by atoms with van der Waals surface area (Å²) in [6.45, 7) is 2.16. The van der Waals surface area contributed by atoms with E-state index in [0.717, 1.165) is 21.7 Å². The van der Waals surface area contributed by atoms with Crippen molar-refractivity contribution in [3.8, 4) is 21.7 Å². The first-order valence-electron chi connectivity index (χ1n) is 7.50. The molecule has 23 heavy (non-hydrogen) atoms. The minimum atomic E-state index is 0.752. The summed E-state index contributed by atoms with van der Waals surface area (Å²) in [7, 11) is 0. The monoisotopic (exact) mass is 317 g/mol. The van der Waals surface area contributed by atoms with E-state index in [4.69, 9.17) is 0 Å². The highest BCUT2D eigenvalue weighted by Gasteiger charge is 2.19. The normalized spacial score (nSPS) is 11.0. The van der Waals surface area contributed by atoms with Crippen molar-refractivity contribution in [1.29, 1.82) is 0 Å². The largest absolute Gasteiger partial charge is 0.315 e. The van der Waals surface area contributed by atoms with Crippen LogP contribution in [0.4, 0.5) is 0 Å². The molecule has 0 N–H and O–H groups in total. The van der Waals surface area contributed by atoms with Gasteiger partial charge < -0.3 is 4.40 Å². The van der Waals surface area contributed by atoms with E-state index in [-0.39, 0.29) is 0 Å². The number of benzene rings is 1. The molecule has 0 aliphatic rings. The van der Waals surface area contributed by atoms with Gasteiger partial charge in [0, 0.05) is 17.3 Å². The van der Waals surface area contributed by atoms with Crippen LogP contribution in [0.25, 0.3) is 27.2 Å². The van der Waals surface area contributed by atoms with Gasteiger partial charge in [-0.25, -0.2) is 0 Å². The molecule has 112 valence electrons. The van der Waals surface area contributed by atoms with Crippen molar-refractivity contribution >= 4 is 23.1 Å². The summed E-state index contributed by atoms with van der Waals surface area (Å²) in [6.07, 6.45) is 3.00. The van der Waals surface area contributed by atoms with E-state index in [1.165, 1.54) is 33.5 Å². The molecule has 0 atom stereocenters. The fourth-order valence-corrected chi connectivity index (χ4v) is 3.98. The van der Waals surface area contributed by atoms with Gasteiger partial charge >= 0.3 is 0 Å². The minimum Gasteiger partial charge on any atom is -0.315 e. The molecule has 4 rings (SSSR count). The van der Waals surface area contributed by atoms with Crippen molar-refractivity contribution in [3.63, 3.8) is 0 Å². The Morgan fingerprint density at radius 1 is 0.957 bits per heavy atom. The summed E-state index contributed by atoms with van der Waals surface area (Å²) >= 11 is 1.53. The highest BCUT2D eigenvalue weighted by Crippen LogP contribution is 2.41. The van der Waals surface area contributed by atoms with E-state index < -0.39 is 0 Å². The fourth-order valence-electron chi connectivity index (χ4n) is 3.11. The number of carbonyl (C=O) groups excluding carboxylic acids is 1. The molecule has 0 aliphatic heterocycles. The molecule has 1 aromatic carbocycles. The summed E-state index contributed by atoms with van der Waals surface area (Å²) in [5.74, 6) is 0.